The quantitative estimate of drug-likeness (QED) is 0.260. The fraction of sp³-hybridized carbons (Fsp3) is 0.278. The van der Waals surface area contributed by atoms with Crippen LogP contribution in [0.5, 0.6) is 0 Å². The first-order chi connectivity index (χ1) is 13.7. The third-order valence-electron chi connectivity index (χ3n) is 4.01. The summed E-state index contributed by atoms with van der Waals surface area (Å²) in [7, 11) is -3.95. The van der Waals surface area contributed by atoms with Crippen LogP contribution in [0.2, 0.25) is 0 Å². The molecular weight excluding hydrogens is 420 g/mol. The molecule has 0 fully saturated rings. The first-order valence-electron chi connectivity index (χ1n) is 8.65. The zero-order chi connectivity index (χ0) is 21.0. The predicted molar refractivity (Wildman–Crippen MR) is 109 cm³/mol. The van der Waals surface area contributed by atoms with Crippen molar-refractivity contribution >= 4 is 44.1 Å². The molecule has 0 saturated heterocycles. The number of thiazole rings is 1. The maximum atomic E-state index is 12.4. The molecule has 0 aliphatic rings. The highest BCUT2D eigenvalue weighted by Gasteiger charge is 2.13. The van der Waals surface area contributed by atoms with Gasteiger partial charge in [0.25, 0.3) is 10.1 Å². The Morgan fingerprint density at radius 2 is 2.03 bits per heavy atom. The van der Waals surface area contributed by atoms with Crippen molar-refractivity contribution in [2.75, 3.05) is 17.6 Å². The van der Waals surface area contributed by atoms with E-state index in [9.17, 15) is 18.0 Å². The normalized spacial score (nSPS) is 11.6. The molecule has 0 aliphatic heterocycles. The Morgan fingerprint density at radius 1 is 1.24 bits per heavy atom. The van der Waals surface area contributed by atoms with Crippen molar-refractivity contribution in [2.24, 2.45) is 0 Å². The molecule has 0 unspecified atom stereocenters. The predicted octanol–water partition coefficient (Wildman–Crippen LogP) is 2.62. The molecule has 0 radical (unpaired) electrons. The van der Waals surface area contributed by atoms with E-state index in [0.717, 1.165) is 0 Å². The second-order valence-corrected chi connectivity index (χ2v) is 8.76. The van der Waals surface area contributed by atoms with Crippen LogP contribution in [0.15, 0.2) is 38.9 Å². The third-order valence-corrected chi connectivity index (χ3v) is 5.74. The number of hydrogen-bond donors (Lipinski definition) is 3. The molecule has 0 atom stereocenters. The van der Waals surface area contributed by atoms with Crippen LogP contribution in [-0.4, -0.2) is 41.3 Å². The number of anilines is 1. The van der Waals surface area contributed by atoms with E-state index in [1.54, 1.807) is 29.6 Å². The van der Waals surface area contributed by atoms with Crippen LogP contribution in [-0.2, 0) is 21.3 Å². The minimum atomic E-state index is -3.95. The zero-order valence-electron chi connectivity index (χ0n) is 15.1. The maximum Gasteiger partial charge on any atom is 0.346 e. The fourth-order valence-electron chi connectivity index (χ4n) is 2.68. The summed E-state index contributed by atoms with van der Waals surface area (Å²) < 4.78 is 35.5. The Labute approximate surface area is 169 Å². The summed E-state index contributed by atoms with van der Waals surface area (Å²) in [6, 6.07) is 6.89. The molecular formula is C18H18N2O7S2. The van der Waals surface area contributed by atoms with Gasteiger partial charge in [-0.2, -0.15) is 8.42 Å². The lowest BCUT2D eigenvalue weighted by atomic mass is 10.1. The van der Waals surface area contributed by atoms with E-state index in [0.29, 0.717) is 46.7 Å². The van der Waals surface area contributed by atoms with Gasteiger partial charge in [0, 0.05) is 29.1 Å². The lowest BCUT2D eigenvalue weighted by Crippen LogP contribution is -2.07. The van der Waals surface area contributed by atoms with Gasteiger partial charge in [0.1, 0.15) is 10.6 Å². The second kappa shape index (κ2) is 8.72. The van der Waals surface area contributed by atoms with Crippen LogP contribution in [0, 0.1) is 0 Å². The smallest absolute Gasteiger partial charge is 0.346 e. The highest BCUT2D eigenvalue weighted by molar-refractivity contribution is 7.85. The minimum Gasteiger partial charge on any atom is -0.481 e. The molecule has 154 valence electrons. The number of nitrogens with zero attached hydrogens (tertiary/aromatic N) is 1. The van der Waals surface area contributed by atoms with Crippen molar-refractivity contribution < 1.29 is 27.3 Å². The topological polar surface area (TPSA) is 147 Å². The van der Waals surface area contributed by atoms with E-state index in [4.69, 9.17) is 14.1 Å². The van der Waals surface area contributed by atoms with Crippen LogP contribution in [0.4, 0.5) is 5.69 Å². The maximum absolute atomic E-state index is 12.4. The number of aliphatic carboxylic acids is 1. The van der Waals surface area contributed by atoms with Crippen molar-refractivity contribution in [3.8, 4) is 10.6 Å². The number of carboxylic acid groups (broad SMARTS) is 1. The monoisotopic (exact) mass is 438 g/mol. The summed E-state index contributed by atoms with van der Waals surface area (Å²) in [5, 5.41) is 14.6. The molecule has 0 saturated carbocycles. The number of benzene rings is 1. The van der Waals surface area contributed by atoms with E-state index in [1.807, 2.05) is 0 Å². The number of carboxylic acids is 1. The second-order valence-electron chi connectivity index (χ2n) is 6.33. The standard InChI is InChI=1S/C18H18N2O7S2/c21-16(22)9-13-10-28-17(20-13)14-7-11-3-4-12(8-15(11)27-18(14)23)19-5-1-2-6-29(24,25)26/h3-4,7-8,10,19H,1-2,5-6,9H2,(H,21,22)(H,24,25,26). The highest BCUT2D eigenvalue weighted by Crippen LogP contribution is 2.26. The number of unbranched alkanes of at least 4 members (excludes halogenated alkanes) is 1. The molecule has 2 heterocycles. The van der Waals surface area contributed by atoms with E-state index in [2.05, 4.69) is 10.3 Å². The van der Waals surface area contributed by atoms with E-state index in [-0.39, 0.29) is 17.7 Å². The van der Waals surface area contributed by atoms with Gasteiger partial charge in [-0.3, -0.25) is 9.35 Å². The molecule has 2 aromatic heterocycles. The van der Waals surface area contributed by atoms with Crippen LogP contribution >= 0.6 is 11.3 Å². The molecule has 3 aromatic rings. The van der Waals surface area contributed by atoms with E-state index >= 15 is 0 Å². The molecule has 11 heteroatoms. The van der Waals surface area contributed by atoms with Crippen molar-refractivity contribution in [3.05, 3.63) is 45.8 Å². The van der Waals surface area contributed by atoms with Crippen LogP contribution in [0.25, 0.3) is 21.5 Å². The van der Waals surface area contributed by atoms with Crippen LogP contribution < -0.4 is 10.9 Å². The Hall–Kier alpha value is -2.76. The third kappa shape index (κ3) is 5.86. The number of fused-ring (bicyclic) bond motifs is 1. The van der Waals surface area contributed by atoms with Crippen LogP contribution in [0.1, 0.15) is 18.5 Å². The Balaban J connectivity index is 1.72. The van der Waals surface area contributed by atoms with Gasteiger partial charge in [-0.1, -0.05) is 0 Å². The van der Waals surface area contributed by atoms with Crippen molar-refractivity contribution in [1.82, 2.24) is 4.98 Å². The van der Waals surface area contributed by atoms with Gasteiger partial charge in [-0.05, 0) is 31.0 Å². The molecule has 3 N–H and O–H groups in total. The number of rotatable bonds is 9. The fourth-order valence-corrected chi connectivity index (χ4v) is 4.07. The zero-order valence-corrected chi connectivity index (χ0v) is 16.8. The van der Waals surface area contributed by atoms with Gasteiger partial charge in [0.2, 0.25) is 0 Å². The Morgan fingerprint density at radius 3 is 2.76 bits per heavy atom. The Bertz CT molecular complexity index is 1200. The van der Waals surface area contributed by atoms with Gasteiger partial charge >= 0.3 is 11.6 Å². The summed E-state index contributed by atoms with van der Waals surface area (Å²) in [6.45, 7) is 0.495. The summed E-state index contributed by atoms with van der Waals surface area (Å²) in [5.74, 6) is -1.28. The van der Waals surface area contributed by atoms with Crippen molar-refractivity contribution in [2.45, 2.75) is 19.3 Å². The average Bonchev–Trinajstić information content (AvgIpc) is 3.07. The molecule has 0 spiro atoms. The van der Waals surface area contributed by atoms with Crippen molar-refractivity contribution in [3.63, 3.8) is 0 Å². The minimum absolute atomic E-state index is 0.214. The van der Waals surface area contributed by atoms with E-state index in [1.165, 1.54) is 11.3 Å². The van der Waals surface area contributed by atoms with Gasteiger partial charge in [-0.25, -0.2) is 9.78 Å². The molecule has 0 amide bonds. The van der Waals surface area contributed by atoms with Gasteiger partial charge in [-0.15, -0.1) is 11.3 Å². The lowest BCUT2D eigenvalue weighted by molar-refractivity contribution is -0.136. The van der Waals surface area contributed by atoms with E-state index < -0.39 is 21.7 Å². The van der Waals surface area contributed by atoms with Crippen molar-refractivity contribution in [1.29, 1.82) is 0 Å². The first-order valence-corrected chi connectivity index (χ1v) is 11.1. The number of hydrogen-bond acceptors (Lipinski definition) is 8. The molecule has 29 heavy (non-hydrogen) atoms. The molecule has 9 nitrogen and oxygen atoms in total. The summed E-state index contributed by atoms with van der Waals surface area (Å²) in [4.78, 5) is 27.3. The van der Waals surface area contributed by atoms with Crippen LogP contribution in [0.3, 0.4) is 0 Å². The lowest BCUT2D eigenvalue weighted by Gasteiger charge is -2.07. The number of aromatic nitrogens is 1. The highest BCUT2D eigenvalue weighted by atomic mass is 32.2. The number of carbonyl (C=O) groups is 1. The summed E-state index contributed by atoms with van der Waals surface area (Å²) in [5.41, 5.74) is 1.16. The molecule has 3 rings (SSSR count). The number of nitrogens with one attached hydrogen (secondary N) is 1. The van der Waals surface area contributed by atoms with Gasteiger partial charge in [0.15, 0.2) is 0 Å². The van der Waals surface area contributed by atoms with Gasteiger partial charge < -0.3 is 14.8 Å². The molecule has 0 bridgehead atoms. The largest absolute Gasteiger partial charge is 0.481 e. The summed E-state index contributed by atoms with van der Waals surface area (Å²) in [6.07, 6.45) is 0.660. The molecule has 1 aromatic carbocycles. The summed E-state index contributed by atoms with van der Waals surface area (Å²) >= 11 is 1.18. The van der Waals surface area contributed by atoms with Gasteiger partial charge in [0.05, 0.1) is 23.4 Å². The average molecular weight is 438 g/mol. The SMILES string of the molecule is O=C(O)Cc1csc(-c2cc3ccc(NCCCCS(=O)(=O)O)cc3oc2=O)n1. The first kappa shape index (κ1) is 21.0. The molecule has 0 aliphatic carbocycles. The Kier molecular flexibility index (Phi) is 6.30.